The Morgan fingerprint density at radius 1 is 1.20 bits per heavy atom. The minimum absolute atomic E-state index is 0.00403. The van der Waals surface area contributed by atoms with Crippen LogP contribution >= 0.6 is 0 Å². The summed E-state index contributed by atoms with van der Waals surface area (Å²) in [6.07, 6.45) is 1.17. The van der Waals surface area contributed by atoms with E-state index in [4.69, 9.17) is 4.42 Å². The summed E-state index contributed by atoms with van der Waals surface area (Å²) < 4.78 is 5.73. The lowest BCUT2D eigenvalue weighted by Crippen LogP contribution is -2.43. The van der Waals surface area contributed by atoms with Gasteiger partial charge in [-0.2, -0.15) is 0 Å². The maximum absolute atomic E-state index is 12.4. The van der Waals surface area contributed by atoms with Gasteiger partial charge in [0.15, 0.2) is 0 Å². The zero-order valence-electron chi connectivity index (χ0n) is 15.5. The number of oxazole rings is 1. The third-order valence-electron chi connectivity index (χ3n) is 3.82. The largest absolute Gasteiger partial charge is 0.441 e. The van der Waals surface area contributed by atoms with Gasteiger partial charge in [-0.05, 0) is 45.0 Å². The molecule has 1 heterocycles. The van der Waals surface area contributed by atoms with Gasteiger partial charge in [0, 0.05) is 29.8 Å². The van der Waals surface area contributed by atoms with E-state index in [-0.39, 0.29) is 24.5 Å². The highest BCUT2D eigenvalue weighted by Gasteiger charge is 2.19. The summed E-state index contributed by atoms with van der Waals surface area (Å²) in [7, 11) is 0. The number of aliphatic hydroxyl groups excluding tert-OH is 1. The molecule has 2 N–H and O–H groups in total. The monoisotopic (exact) mass is 345 g/mol. The number of rotatable bonds is 6. The summed E-state index contributed by atoms with van der Waals surface area (Å²) >= 11 is 0. The minimum Gasteiger partial charge on any atom is -0.441 e. The molecule has 0 radical (unpaired) electrons. The number of aliphatic hydroxyl groups is 1. The average Bonchev–Trinajstić information content (AvgIpc) is 3.03. The molecule has 6 nitrogen and oxygen atoms in total. The van der Waals surface area contributed by atoms with Crippen LogP contribution in [0.1, 0.15) is 46.3 Å². The first kappa shape index (κ1) is 19.0. The molecule has 2 rings (SSSR count). The Bertz CT molecular complexity index is 690. The summed E-state index contributed by atoms with van der Waals surface area (Å²) in [5.41, 5.74) is 1.54. The number of hydrogen-bond donors (Lipinski definition) is 2. The van der Waals surface area contributed by atoms with Crippen molar-refractivity contribution in [3.05, 3.63) is 36.2 Å². The van der Waals surface area contributed by atoms with Crippen molar-refractivity contribution in [3.8, 4) is 11.5 Å². The van der Waals surface area contributed by atoms with Crippen LogP contribution in [0.5, 0.6) is 0 Å². The molecule has 0 aliphatic carbocycles. The molecule has 6 heteroatoms. The Morgan fingerprint density at radius 2 is 1.84 bits per heavy atom. The Kier molecular flexibility index (Phi) is 6.20. The number of nitrogens with zero attached hydrogens (tertiary/aromatic N) is 2. The topological polar surface area (TPSA) is 78.6 Å². The fraction of sp³-hybridized carbons (Fsp3) is 0.474. The first-order chi connectivity index (χ1) is 11.8. The molecule has 0 saturated heterocycles. The first-order valence-electron chi connectivity index (χ1n) is 8.59. The zero-order chi connectivity index (χ0) is 18.6. The summed E-state index contributed by atoms with van der Waals surface area (Å²) in [6.45, 7) is 9.89. The van der Waals surface area contributed by atoms with Crippen molar-refractivity contribution in [2.24, 2.45) is 0 Å². The Morgan fingerprint density at radius 3 is 2.32 bits per heavy atom. The molecule has 0 fully saturated rings. The van der Waals surface area contributed by atoms with Crippen molar-refractivity contribution >= 4 is 11.7 Å². The zero-order valence-corrected chi connectivity index (χ0v) is 15.5. The summed E-state index contributed by atoms with van der Waals surface area (Å²) in [4.78, 5) is 18.3. The van der Waals surface area contributed by atoms with Gasteiger partial charge in [0.1, 0.15) is 5.76 Å². The van der Waals surface area contributed by atoms with Gasteiger partial charge in [-0.3, -0.25) is 0 Å². The van der Waals surface area contributed by atoms with Crippen LogP contribution in [0.4, 0.5) is 10.5 Å². The Labute approximate surface area is 148 Å². The number of amides is 2. The van der Waals surface area contributed by atoms with Crippen LogP contribution in [0.2, 0.25) is 0 Å². The Hall–Kier alpha value is -2.34. The lowest BCUT2D eigenvalue weighted by Gasteiger charge is -2.28. The molecule has 2 amide bonds. The lowest BCUT2D eigenvalue weighted by atomic mass is 10.2. The van der Waals surface area contributed by atoms with E-state index in [0.29, 0.717) is 11.6 Å². The summed E-state index contributed by atoms with van der Waals surface area (Å²) in [5.74, 6) is 1.70. The predicted molar refractivity (Wildman–Crippen MR) is 98.6 cm³/mol. The van der Waals surface area contributed by atoms with Crippen molar-refractivity contribution in [2.75, 3.05) is 11.9 Å². The van der Waals surface area contributed by atoms with Crippen LogP contribution in [0, 0.1) is 0 Å². The molecule has 1 unspecified atom stereocenters. The summed E-state index contributed by atoms with van der Waals surface area (Å²) in [5, 5.41) is 12.4. The molecule has 0 aliphatic heterocycles. The Balaban J connectivity index is 2.07. The highest BCUT2D eigenvalue weighted by molar-refractivity contribution is 5.89. The highest BCUT2D eigenvalue weighted by atomic mass is 16.4. The van der Waals surface area contributed by atoms with Gasteiger partial charge < -0.3 is 19.7 Å². The van der Waals surface area contributed by atoms with Gasteiger partial charge in [-0.25, -0.2) is 9.78 Å². The van der Waals surface area contributed by atoms with E-state index >= 15 is 0 Å². The van der Waals surface area contributed by atoms with E-state index in [1.54, 1.807) is 18.0 Å². The van der Waals surface area contributed by atoms with Crippen LogP contribution in [0.3, 0.4) is 0 Å². The van der Waals surface area contributed by atoms with E-state index in [9.17, 15) is 9.90 Å². The van der Waals surface area contributed by atoms with Crippen molar-refractivity contribution in [3.63, 3.8) is 0 Å². The van der Waals surface area contributed by atoms with Crippen LogP contribution in [0.15, 0.2) is 34.9 Å². The molecular weight excluding hydrogens is 318 g/mol. The standard InChI is InChI=1S/C19H27N3O3/c1-12(2)17-10-20-18(25-17)15-6-8-16(9-7-15)21-19(24)22(13(3)4)11-14(5)23/h6-10,12-14,23H,11H2,1-5H3,(H,21,24). The third kappa shape index (κ3) is 5.06. The molecule has 2 aromatic rings. The molecule has 0 spiro atoms. The summed E-state index contributed by atoms with van der Waals surface area (Å²) in [6, 6.07) is 7.11. The van der Waals surface area contributed by atoms with Crippen LogP contribution in [0.25, 0.3) is 11.5 Å². The molecular formula is C19H27N3O3. The molecule has 1 aromatic carbocycles. The predicted octanol–water partition coefficient (Wildman–Crippen LogP) is 4.09. The van der Waals surface area contributed by atoms with Crippen LogP contribution in [-0.4, -0.2) is 39.7 Å². The second-order valence-electron chi connectivity index (χ2n) is 6.83. The van der Waals surface area contributed by atoms with Crippen molar-refractivity contribution in [2.45, 2.75) is 52.7 Å². The number of nitrogens with one attached hydrogen (secondary N) is 1. The van der Waals surface area contributed by atoms with Crippen LogP contribution < -0.4 is 5.32 Å². The molecule has 0 aliphatic rings. The normalized spacial score (nSPS) is 12.5. The number of benzene rings is 1. The number of urea groups is 1. The second kappa shape index (κ2) is 8.16. The maximum atomic E-state index is 12.4. The van der Waals surface area contributed by atoms with E-state index in [1.807, 2.05) is 38.1 Å². The smallest absolute Gasteiger partial charge is 0.322 e. The lowest BCUT2D eigenvalue weighted by molar-refractivity contribution is 0.125. The molecule has 0 saturated carbocycles. The fourth-order valence-electron chi connectivity index (χ4n) is 2.39. The molecule has 136 valence electrons. The van der Waals surface area contributed by atoms with E-state index in [0.717, 1.165) is 11.3 Å². The third-order valence-corrected chi connectivity index (χ3v) is 3.82. The number of aromatic nitrogens is 1. The number of carbonyl (C=O) groups is 1. The fourth-order valence-corrected chi connectivity index (χ4v) is 2.39. The second-order valence-corrected chi connectivity index (χ2v) is 6.83. The highest BCUT2D eigenvalue weighted by Crippen LogP contribution is 2.24. The van der Waals surface area contributed by atoms with Gasteiger partial charge in [0.2, 0.25) is 5.89 Å². The minimum atomic E-state index is -0.573. The van der Waals surface area contributed by atoms with Gasteiger partial charge in [-0.15, -0.1) is 0 Å². The number of carbonyl (C=O) groups excluding carboxylic acids is 1. The van der Waals surface area contributed by atoms with E-state index in [2.05, 4.69) is 24.1 Å². The molecule has 1 aromatic heterocycles. The van der Waals surface area contributed by atoms with E-state index < -0.39 is 6.10 Å². The van der Waals surface area contributed by atoms with Crippen LogP contribution in [-0.2, 0) is 0 Å². The molecule has 25 heavy (non-hydrogen) atoms. The van der Waals surface area contributed by atoms with Gasteiger partial charge in [0.25, 0.3) is 0 Å². The average molecular weight is 345 g/mol. The van der Waals surface area contributed by atoms with Crippen molar-refractivity contribution in [1.29, 1.82) is 0 Å². The maximum Gasteiger partial charge on any atom is 0.322 e. The number of hydrogen-bond acceptors (Lipinski definition) is 4. The van der Waals surface area contributed by atoms with Gasteiger partial charge >= 0.3 is 6.03 Å². The quantitative estimate of drug-likeness (QED) is 0.826. The van der Waals surface area contributed by atoms with E-state index in [1.165, 1.54) is 0 Å². The first-order valence-corrected chi connectivity index (χ1v) is 8.59. The molecule has 1 atom stereocenters. The molecule has 0 bridgehead atoms. The van der Waals surface area contributed by atoms with Gasteiger partial charge in [-0.1, -0.05) is 13.8 Å². The van der Waals surface area contributed by atoms with Crippen molar-refractivity contribution < 1.29 is 14.3 Å². The van der Waals surface area contributed by atoms with Gasteiger partial charge in [0.05, 0.1) is 12.3 Å². The number of anilines is 1. The van der Waals surface area contributed by atoms with Crippen molar-refractivity contribution in [1.82, 2.24) is 9.88 Å². The SMILES string of the molecule is CC(O)CN(C(=O)Nc1ccc(-c2ncc(C(C)C)o2)cc1)C(C)C.